The maximum Gasteiger partial charge on any atom is 0.328 e. The zero-order chi connectivity index (χ0) is 19.5. The lowest BCUT2D eigenvalue weighted by molar-refractivity contribution is -0.165. The van der Waals surface area contributed by atoms with E-state index in [4.69, 9.17) is 14.3 Å². The van der Waals surface area contributed by atoms with Crippen molar-refractivity contribution in [3.8, 4) is 0 Å². The van der Waals surface area contributed by atoms with E-state index in [9.17, 15) is 9.59 Å². The molecule has 0 amide bonds. The first-order chi connectivity index (χ1) is 13.1. The van der Waals surface area contributed by atoms with Gasteiger partial charge in [-0.2, -0.15) is 5.48 Å². The van der Waals surface area contributed by atoms with Crippen LogP contribution in [0.3, 0.4) is 0 Å². The van der Waals surface area contributed by atoms with Crippen molar-refractivity contribution in [2.24, 2.45) is 0 Å². The van der Waals surface area contributed by atoms with Gasteiger partial charge in [0, 0.05) is 0 Å². The van der Waals surface area contributed by atoms with Gasteiger partial charge in [-0.25, -0.2) is 4.79 Å². The van der Waals surface area contributed by atoms with Crippen molar-refractivity contribution < 1.29 is 23.9 Å². The van der Waals surface area contributed by atoms with Gasteiger partial charge in [0.2, 0.25) is 0 Å². The maximum absolute atomic E-state index is 12.6. The Morgan fingerprint density at radius 2 is 1.48 bits per heavy atom. The second kappa shape index (κ2) is 10.4. The molecule has 1 atom stereocenters. The van der Waals surface area contributed by atoms with E-state index in [0.29, 0.717) is 12.8 Å². The van der Waals surface area contributed by atoms with Crippen LogP contribution in [0.25, 0.3) is 0 Å². The second-order valence-corrected chi connectivity index (χ2v) is 6.19. The summed E-state index contributed by atoms with van der Waals surface area (Å²) < 4.78 is 9.74. The molecule has 6 nitrogen and oxygen atoms in total. The number of hydroxylamine groups is 1. The van der Waals surface area contributed by atoms with Gasteiger partial charge < -0.3 is 9.47 Å². The normalized spacial score (nSPS) is 12.8. The smallest absolute Gasteiger partial charge is 0.328 e. The van der Waals surface area contributed by atoms with Crippen LogP contribution in [0.5, 0.6) is 0 Å². The number of hydrogen-bond acceptors (Lipinski definition) is 6. The van der Waals surface area contributed by atoms with Crippen molar-refractivity contribution >= 4 is 11.9 Å². The Bertz CT molecular complexity index is 720. The Hall–Kier alpha value is -2.70. The summed E-state index contributed by atoms with van der Waals surface area (Å²) in [5, 5.41) is 0. The number of methoxy groups -OCH3 is 2. The highest BCUT2D eigenvalue weighted by Crippen LogP contribution is 2.22. The third kappa shape index (κ3) is 6.20. The summed E-state index contributed by atoms with van der Waals surface area (Å²) in [6.07, 6.45) is 0.681. The molecule has 1 unspecified atom stereocenters. The summed E-state index contributed by atoms with van der Waals surface area (Å²) in [5.41, 5.74) is 3.43. The van der Waals surface area contributed by atoms with E-state index in [1.165, 1.54) is 14.2 Å². The molecular formula is C21H25NO5. The first-order valence-electron chi connectivity index (χ1n) is 8.71. The Morgan fingerprint density at radius 3 is 2.04 bits per heavy atom. The van der Waals surface area contributed by atoms with Crippen LogP contribution >= 0.6 is 0 Å². The lowest BCUT2D eigenvalue weighted by Crippen LogP contribution is -2.54. The number of ether oxygens (including phenoxy) is 2. The van der Waals surface area contributed by atoms with Crippen LogP contribution in [0.1, 0.15) is 24.0 Å². The Morgan fingerprint density at radius 1 is 0.889 bits per heavy atom. The molecule has 2 aromatic rings. The number of esters is 2. The van der Waals surface area contributed by atoms with Crippen molar-refractivity contribution in [3.63, 3.8) is 0 Å². The molecule has 27 heavy (non-hydrogen) atoms. The summed E-state index contributed by atoms with van der Waals surface area (Å²) in [6, 6.07) is 19.2. The molecule has 0 aliphatic heterocycles. The van der Waals surface area contributed by atoms with Crippen molar-refractivity contribution in [3.05, 3.63) is 71.8 Å². The fourth-order valence-electron chi connectivity index (χ4n) is 2.74. The Kier molecular flexibility index (Phi) is 7.98. The van der Waals surface area contributed by atoms with Crippen LogP contribution in [0.2, 0.25) is 0 Å². The Balaban J connectivity index is 2.14. The van der Waals surface area contributed by atoms with Crippen LogP contribution in [-0.2, 0) is 36.9 Å². The van der Waals surface area contributed by atoms with Crippen LogP contribution in [0, 0.1) is 0 Å². The van der Waals surface area contributed by atoms with E-state index >= 15 is 0 Å². The molecule has 0 fully saturated rings. The monoisotopic (exact) mass is 371 g/mol. The van der Waals surface area contributed by atoms with E-state index < -0.39 is 17.5 Å². The number of carbonyl (C=O) groups is 2. The minimum Gasteiger partial charge on any atom is -0.469 e. The van der Waals surface area contributed by atoms with Gasteiger partial charge >= 0.3 is 11.9 Å². The molecular weight excluding hydrogens is 346 g/mol. The zero-order valence-corrected chi connectivity index (χ0v) is 15.6. The quantitative estimate of drug-likeness (QED) is 0.511. The number of aryl methyl sites for hydroxylation is 1. The van der Waals surface area contributed by atoms with E-state index in [0.717, 1.165) is 11.1 Å². The SMILES string of the molecule is COC(=O)CC(CCc1ccccc1)(NOCc1ccccc1)C(=O)OC. The van der Waals surface area contributed by atoms with E-state index in [2.05, 4.69) is 5.48 Å². The molecule has 0 bridgehead atoms. The molecule has 2 rings (SSSR count). The summed E-state index contributed by atoms with van der Waals surface area (Å²) in [7, 11) is 2.57. The molecule has 0 saturated carbocycles. The first-order valence-corrected chi connectivity index (χ1v) is 8.71. The molecule has 0 aliphatic carbocycles. The molecule has 0 saturated heterocycles. The van der Waals surface area contributed by atoms with Gasteiger partial charge in [-0.1, -0.05) is 60.7 Å². The molecule has 1 N–H and O–H groups in total. The maximum atomic E-state index is 12.6. The highest BCUT2D eigenvalue weighted by Gasteiger charge is 2.42. The number of rotatable bonds is 10. The van der Waals surface area contributed by atoms with Crippen molar-refractivity contribution in [1.29, 1.82) is 0 Å². The predicted octanol–water partition coefficient (Wildman–Crippen LogP) is 2.82. The van der Waals surface area contributed by atoms with E-state index in [1.807, 2.05) is 60.7 Å². The van der Waals surface area contributed by atoms with Crippen LogP contribution in [0.4, 0.5) is 0 Å². The third-order valence-corrected chi connectivity index (χ3v) is 4.28. The standard InChI is InChI=1S/C21H25NO5/c1-25-19(23)15-21(20(24)26-2,14-13-17-9-5-3-6-10-17)22-27-16-18-11-7-4-8-12-18/h3-12,22H,13-16H2,1-2H3. The topological polar surface area (TPSA) is 73.9 Å². The highest BCUT2D eigenvalue weighted by molar-refractivity contribution is 5.86. The van der Waals surface area contributed by atoms with Crippen molar-refractivity contribution in [2.45, 2.75) is 31.4 Å². The van der Waals surface area contributed by atoms with Gasteiger partial charge in [0.05, 0.1) is 27.2 Å². The van der Waals surface area contributed by atoms with Crippen LogP contribution < -0.4 is 5.48 Å². The van der Waals surface area contributed by atoms with Crippen molar-refractivity contribution in [1.82, 2.24) is 5.48 Å². The predicted molar refractivity (Wildman–Crippen MR) is 101 cm³/mol. The average Bonchev–Trinajstić information content (AvgIpc) is 2.72. The lowest BCUT2D eigenvalue weighted by atomic mass is 9.88. The van der Waals surface area contributed by atoms with Gasteiger partial charge in [0.1, 0.15) is 0 Å². The minimum atomic E-state index is -1.34. The van der Waals surface area contributed by atoms with Gasteiger partial charge in [-0.05, 0) is 24.0 Å². The second-order valence-electron chi connectivity index (χ2n) is 6.19. The number of nitrogens with one attached hydrogen (secondary N) is 1. The van der Waals surface area contributed by atoms with Crippen LogP contribution in [0.15, 0.2) is 60.7 Å². The van der Waals surface area contributed by atoms with Gasteiger partial charge in [0.15, 0.2) is 5.54 Å². The lowest BCUT2D eigenvalue weighted by Gasteiger charge is -2.30. The largest absolute Gasteiger partial charge is 0.469 e. The summed E-state index contributed by atoms with van der Waals surface area (Å²) in [6.45, 7) is 0.242. The molecule has 0 aromatic heterocycles. The molecule has 0 radical (unpaired) electrons. The molecule has 0 aliphatic rings. The molecule has 144 valence electrons. The number of carbonyl (C=O) groups excluding carboxylic acids is 2. The highest BCUT2D eigenvalue weighted by atomic mass is 16.7. The molecule has 0 spiro atoms. The van der Waals surface area contributed by atoms with Crippen LogP contribution in [-0.4, -0.2) is 31.7 Å². The zero-order valence-electron chi connectivity index (χ0n) is 15.6. The van der Waals surface area contributed by atoms with Gasteiger partial charge in [-0.3, -0.25) is 9.63 Å². The van der Waals surface area contributed by atoms with Gasteiger partial charge in [0.25, 0.3) is 0 Å². The third-order valence-electron chi connectivity index (χ3n) is 4.28. The minimum absolute atomic E-state index is 0.197. The molecule has 6 heteroatoms. The summed E-state index contributed by atoms with van der Waals surface area (Å²) >= 11 is 0. The molecule has 2 aromatic carbocycles. The van der Waals surface area contributed by atoms with Gasteiger partial charge in [-0.15, -0.1) is 0 Å². The fourth-order valence-corrected chi connectivity index (χ4v) is 2.74. The Labute approximate surface area is 159 Å². The first kappa shape index (κ1) is 20.6. The molecule has 0 heterocycles. The number of benzene rings is 2. The summed E-state index contributed by atoms with van der Waals surface area (Å²) in [5.74, 6) is -1.10. The van der Waals surface area contributed by atoms with E-state index in [-0.39, 0.29) is 13.0 Å². The fraction of sp³-hybridized carbons (Fsp3) is 0.333. The van der Waals surface area contributed by atoms with Crippen molar-refractivity contribution in [2.75, 3.05) is 14.2 Å². The summed E-state index contributed by atoms with van der Waals surface area (Å²) in [4.78, 5) is 30.1. The van der Waals surface area contributed by atoms with E-state index in [1.54, 1.807) is 0 Å². The average molecular weight is 371 g/mol. The number of hydrogen-bond donors (Lipinski definition) is 1.